The van der Waals surface area contributed by atoms with Gasteiger partial charge < -0.3 is 5.32 Å². The second kappa shape index (κ2) is 2.16. The van der Waals surface area contributed by atoms with Gasteiger partial charge in [0, 0.05) is 0 Å². The van der Waals surface area contributed by atoms with Crippen molar-refractivity contribution >= 4 is 18.2 Å². The van der Waals surface area contributed by atoms with E-state index >= 15 is 0 Å². The molecule has 1 fully saturated rings. The van der Waals surface area contributed by atoms with Gasteiger partial charge in [-0.15, -0.1) is 12.4 Å². The third-order valence-corrected chi connectivity index (χ3v) is 0.644. The van der Waals surface area contributed by atoms with Gasteiger partial charge in [0.05, 0.1) is 13.1 Å². The number of carbonyl (C=O) groups is 1. The molecule has 0 aromatic rings. The van der Waals surface area contributed by atoms with Crippen LogP contribution in [0.25, 0.3) is 0 Å². The fraction of sp³-hybridized carbons (Fsp3) is 0.667. The maximum absolute atomic E-state index is 9.84. The van der Waals surface area contributed by atoms with Crippen molar-refractivity contribution in [3.63, 3.8) is 0 Å². The molecule has 0 spiro atoms. The number of carbonyl (C=O) groups excluding carboxylic acids is 1. The normalized spacial score (nSPS) is 18.3. The molecule has 2 nitrogen and oxygen atoms in total. The van der Waals surface area contributed by atoms with Gasteiger partial charge in [-0.3, -0.25) is 4.79 Å². The topological polar surface area (TPSA) is 29.1 Å². The highest BCUT2D eigenvalue weighted by Gasteiger charge is 2.07. The fourth-order valence-electron chi connectivity index (χ4n) is 0.227. The van der Waals surface area contributed by atoms with E-state index in [0.717, 1.165) is 0 Å². The van der Waals surface area contributed by atoms with E-state index < -0.39 is 0 Å². The summed E-state index contributed by atoms with van der Waals surface area (Å²) in [6.45, 7) is 1.19. The highest BCUT2D eigenvalue weighted by molar-refractivity contribution is 5.87. The monoisotopic (exact) mass is 107 g/mol. The van der Waals surface area contributed by atoms with E-state index in [4.69, 9.17) is 0 Å². The highest BCUT2D eigenvalue weighted by Crippen LogP contribution is 1.75. The summed E-state index contributed by atoms with van der Waals surface area (Å²) in [6.07, 6.45) is 0. The average Bonchev–Trinajstić information content (AvgIpc) is 1.30. The summed E-state index contributed by atoms with van der Waals surface area (Å²) in [4.78, 5) is 9.84. The Morgan fingerprint density at radius 1 is 1.50 bits per heavy atom. The van der Waals surface area contributed by atoms with E-state index in [9.17, 15) is 4.79 Å². The van der Waals surface area contributed by atoms with E-state index in [0.29, 0.717) is 18.9 Å². The lowest BCUT2D eigenvalue weighted by molar-refractivity contribution is -0.121. The number of rotatable bonds is 0. The van der Waals surface area contributed by atoms with Crippen LogP contribution < -0.4 is 5.32 Å². The van der Waals surface area contributed by atoms with Crippen molar-refractivity contribution in [3.8, 4) is 0 Å². The first-order chi connectivity index (χ1) is 2.39. The van der Waals surface area contributed by atoms with Gasteiger partial charge in [0.25, 0.3) is 0 Å². The molecule has 0 radical (unpaired) electrons. The zero-order chi connectivity index (χ0) is 3.70. The number of hydrogen-bond donors (Lipinski definition) is 1. The zero-order valence-corrected chi connectivity index (χ0v) is 4.05. The molecule has 36 valence electrons. The van der Waals surface area contributed by atoms with Crippen LogP contribution in [0.4, 0.5) is 0 Å². The molecule has 0 aliphatic carbocycles. The minimum atomic E-state index is 0. The van der Waals surface area contributed by atoms with Crippen molar-refractivity contribution < 1.29 is 4.79 Å². The number of halogens is 1. The summed E-state index contributed by atoms with van der Waals surface area (Å²) in [5, 5.41) is 2.81. The Morgan fingerprint density at radius 3 is 1.83 bits per heavy atom. The molecule has 0 aromatic carbocycles. The summed E-state index contributed by atoms with van der Waals surface area (Å²) in [5.41, 5.74) is 0. The van der Waals surface area contributed by atoms with Crippen molar-refractivity contribution in [1.82, 2.24) is 5.32 Å². The number of Topliss-reactive ketones (excluding diaryl/α,β-unsaturated/α-hetero) is 1. The molecule has 1 rings (SSSR count). The molecule has 3 heteroatoms. The first-order valence-electron chi connectivity index (χ1n) is 1.62. The molecular formula is C3H6ClNO. The van der Waals surface area contributed by atoms with E-state index in [1.165, 1.54) is 0 Å². The van der Waals surface area contributed by atoms with E-state index in [1.54, 1.807) is 0 Å². The van der Waals surface area contributed by atoms with Crippen LogP contribution in [0.15, 0.2) is 0 Å². The predicted molar refractivity (Wildman–Crippen MR) is 25.1 cm³/mol. The smallest absolute Gasteiger partial charge is 0.160 e. The standard InChI is InChI=1S/C3H5NO.ClH/c5-3-1-4-2-3;/h4H,1-2H2;1H. The average molecular weight is 108 g/mol. The van der Waals surface area contributed by atoms with E-state index in [1.807, 2.05) is 0 Å². The van der Waals surface area contributed by atoms with Crippen molar-refractivity contribution in [3.05, 3.63) is 0 Å². The second-order valence-electron chi connectivity index (χ2n) is 1.14. The molecule has 0 atom stereocenters. The lowest BCUT2D eigenvalue weighted by Crippen LogP contribution is -2.42. The third kappa shape index (κ3) is 0.954. The number of hydrogen-bond acceptors (Lipinski definition) is 2. The van der Waals surface area contributed by atoms with E-state index in [-0.39, 0.29) is 12.4 Å². The van der Waals surface area contributed by atoms with Gasteiger partial charge in [0.15, 0.2) is 5.78 Å². The Labute approximate surface area is 42.3 Å². The quantitative estimate of drug-likeness (QED) is 0.456. The highest BCUT2D eigenvalue weighted by atomic mass is 35.5. The molecule has 0 amide bonds. The molecule has 0 saturated carbocycles. The van der Waals surface area contributed by atoms with Gasteiger partial charge in [-0.25, -0.2) is 0 Å². The molecule has 0 bridgehead atoms. The number of nitrogens with one attached hydrogen (secondary N) is 1. The first-order valence-corrected chi connectivity index (χ1v) is 1.62. The van der Waals surface area contributed by atoms with Gasteiger partial charge in [-0.05, 0) is 0 Å². The van der Waals surface area contributed by atoms with Crippen LogP contribution in [0, 0.1) is 0 Å². The van der Waals surface area contributed by atoms with Crippen LogP contribution in [-0.4, -0.2) is 18.9 Å². The fourth-order valence-corrected chi connectivity index (χ4v) is 0.227. The Balaban J connectivity index is 0.000000250. The van der Waals surface area contributed by atoms with Crippen molar-refractivity contribution in [2.45, 2.75) is 0 Å². The zero-order valence-electron chi connectivity index (χ0n) is 3.23. The molecule has 6 heavy (non-hydrogen) atoms. The Kier molecular flexibility index (Phi) is 2.13. The van der Waals surface area contributed by atoms with Gasteiger partial charge in [0.1, 0.15) is 0 Å². The first kappa shape index (κ1) is 5.92. The molecule has 1 aliphatic heterocycles. The summed E-state index contributed by atoms with van der Waals surface area (Å²) in [6, 6.07) is 0. The molecule has 0 unspecified atom stereocenters. The Morgan fingerprint density at radius 2 is 1.83 bits per heavy atom. The third-order valence-electron chi connectivity index (χ3n) is 0.644. The molecule has 1 aliphatic rings. The van der Waals surface area contributed by atoms with Crippen LogP contribution >= 0.6 is 12.4 Å². The lowest BCUT2D eigenvalue weighted by Gasteiger charge is -2.08. The van der Waals surface area contributed by atoms with Gasteiger partial charge in [-0.1, -0.05) is 0 Å². The summed E-state index contributed by atoms with van der Waals surface area (Å²) >= 11 is 0. The Hall–Kier alpha value is -0.0800. The van der Waals surface area contributed by atoms with Gasteiger partial charge in [0.2, 0.25) is 0 Å². The SMILES string of the molecule is Cl.O=C1CNC1. The minimum absolute atomic E-state index is 0. The summed E-state index contributed by atoms with van der Waals surface area (Å²) in [7, 11) is 0. The van der Waals surface area contributed by atoms with Crippen molar-refractivity contribution in [2.75, 3.05) is 13.1 Å². The molecule has 0 aromatic heterocycles. The van der Waals surface area contributed by atoms with Crippen molar-refractivity contribution in [2.24, 2.45) is 0 Å². The van der Waals surface area contributed by atoms with Gasteiger partial charge in [-0.2, -0.15) is 0 Å². The van der Waals surface area contributed by atoms with Crippen LogP contribution in [0.1, 0.15) is 0 Å². The molecule has 1 saturated heterocycles. The molecule has 1 heterocycles. The Bertz CT molecular complexity index is 57.8. The van der Waals surface area contributed by atoms with Crippen LogP contribution in [0.5, 0.6) is 0 Å². The lowest BCUT2D eigenvalue weighted by atomic mass is 10.3. The maximum Gasteiger partial charge on any atom is 0.160 e. The maximum atomic E-state index is 9.84. The van der Waals surface area contributed by atoms with Crippen LogP contribution in [0.3, 0.4) is 0 Å². The summed E-state index contributed by atoms with van der Waals surface area (Å²) < 4.78 is 0. The number of ketones is 1. The largest absolute Gasteiger partial charge is 0.303 e. The molecular weight excluding hydrogens is 101 g/mol. The minimum Gasteiger partial charge on any atom is -0.303 e. The molecule has 1 N–H and O–H groups in total. The van der Waals surface area contributed by atoms with Crippen molar-refractivity contribution in [1.29, 1.82) is 0 Å². The second-order valence-corrected chi connectivity index (χ2v) is 1.14. The van der Waals surface area contributed by atoms with Crippen LogP contribution in [0.2, 0.25) is 0 Å². The van der Waals surface area contributed by atoms with E-state index in [2.05, 4.69) is 5.32 Å². The summed E-state index contributed by atoms with van der Waals surface area (Å²) in [5.74, 6) is 0.324. The van der Waals surface area contributed by atoms with Gasteiger partial charge >= 0.3 is 0 Å². The predicted octanol–water partition coefficient (Wildman–Crippen LogP) is -0.420. The van der Waals surface area contributed by atoms with Crippen LogP contribution in [-0.2, 0) is 4.79 Å².